The molecular formula is C15H23NO. The van der Waals surface area contributed by atoms with Crippen molar-refractivity contribution in [2.24, 2.45) is 5.92 Å². The number of hydrogen-bond acceptors (Lipinski definition) is 2. The summed E-state index contributed by atoms with van der Waals surface area (Å²) in [7, 11) is 0. The molecule has 0 radical (unpaired) electrons. The molecule has 1 aliphatic rings. The van der Waals surface area contributed by atoms with Gasteiger partial charge in [0.2, 0.25) is 0 Å². The average Bonchev–Trinajstić information content (AvgIpc) is 2.65. The predicted octanol–water partition coefficient (Wildman–Crippen LogP) is 2.37. The Labute approximate surface area is 104 Å². The van der Waals surface area contributed by atoms with Crippen molar-refractivity contribution >= 4 is 0 Å². The lowest BCUT2D eigenvalue weighted by atomic mass is 9.91. The van der Waals surface area contributed by atoms with E-state index in [9.17, 15) is 5.11 Å². The monoisotopic (exact) mass is 233 g/mol. The normalized spacial score (nSPS) is 23.1. The maximum atomic E-state index is 9.80. The number of benzene rings is 1. The van der Waals surface area contributed by atoms with Gasteiger partial charge in [-0.05, 0) is 43.4 Å². The van der Waals surface area contributed by atoms with Gasteiger partial charge in [-0.15, -0.1) is 0 Å². The van der Waals surface area contributed by atoms with E-state index in [2.05, 4.69) is 44.3 Å². The number of fused-ring (bicyclic) bond motifs is 1. The van der Waals surface area contributed by atoms with E-state index >= 15 is 0 Å². The number of aliphatic hydroxyl groups is 1. The molecule has 0 amide bonds. The molecule has 2 heteroatoms. The zero-order chi connectivity index (χ0) is 12.5. The Kier molecular flexibility index (Phi) is 3.55. The van der Waals surface area contributed by atoms with E-state index < -0.39 is 0 Å². The van der Waals surface area contributed by atoms with Gasteiger partial charge in [-0.3, -0.25) is 0 Å². The fourth-order valence-electron chi connectivity index (χ4n) is 2.64. The second-order valence-corrected chi connectivity index (χ2v) is 5.68. The molecule has 2 rings (SSSR count). The van der Waals surface area contributed by atoms with Crippen LogP contribution >= 0.6 is 0 Å². The first kappa shape index (κ1) is 12.6. The molecule has 0 spiro atoms. The van der Waals surface area contributed by atoms with Gasteiger partial charge in [-0.2, -0.15) is 0 Å². The molecule has 0 bridgehead atoms. The Morgan fingerprint density at radius 1 is 1.41 bits per heavy atom. The first-order valence-corrected chi connectivity index (χ1v) is 6.53. The smallest absolute Gasteiger partial charge is 0.0675 e. The van der Waals surface area contributed by atoms with E-state index in [0.717, 1.165) is 19.4 Å². The molecule has 0 fully saturated rings. The highest BCUT2D eigenvalue weighted by atomic mass is 16.3. The van der Waals surface area contributed by atoms with Crippen molar-refractivity contribution in [3.05, 3.63) is 34.9 Å². The van der Waals surface area contributed by atoms with E-state index in [1.165, 1.54) is 16.7 Å². The predicted molar refractivity (Wildman–Crippen MR) is 71.1 cm³/mol. The molecule has 1 atom stereocenters. The highest BCUT2D eigenvalue weighted by Crippen LogP contribution is 2.37. The zero-order valence-corrected chi connectivity index (χ0v) is 11.1. The molecule has 1 aliphatic carbocycles. The molecule has 1 aromatic rings. The summed E-state index contributed by atoms with van der Waals surface area (Å²) in [5.74, 6) is 0.604. The van der Waals surface area contributed by atoms with Gasteiger partial charge >= 0.3 is 0 Å². The fraction of sp³-hybridized carbons (Fsp3) is 0.600. The summed E-state index contributed by atoms with van der Waals surface area (Å²) < 4.78 is 0. The third-order valence-corrected chi connectivity index (χ3v) is 3.72. The van der Waals surface area contributed by atoms with Gasteiger partial charge in [0.25, 0.3) is 0 Å². The highest BCUT2D eigenvalue weighted by molar-refractivity contribution is 5.41. The first-order valence-electron chi connectivity index (χ1n) is 6.53. The molecule has 0 saturated heterocycles. The van der Waals surface area contributed by atoms with Crippen LogP contribution in [0.2, 0.25) is 0 Å². The minimum absolute atomic E-state index is 0.191. The number of aliphatic hydroxyl groups excluding tert-OH is 1. The molecule has 0 heterocycles. The van der Waals surface area contributed by atoms with Gasteiger partial charge in [0, 0.05) is 0 Å². The van der Waals surface area contributed by atoms with Crippen molar-refractivity contribution in [3.8, 4) is 0 Å². The van der Waals surface area contributed by atoms with Gasteiger partial charge in [0.15, 0.2) is 0 Å². The SMILES string of the molecule is Cc1ccc2c(c1)C(CO)(NCC(C)C)CC2. The van der Waals surface area contributed by atoms with Gasteiger partial charge in [0.1, 0.15) is 0 Å². The summed E-state index contributed by atoms with van der Waals surface area (Å²) in [5.41, 5.74) is 3.77. The van der Waals surface area contributed by atoms with Gasteiger partial charge < -0.3 is 10.4 Å². The second kappa shape index (κ2) is 4.79. The van der Waals surface area contributed by atoms with Gasteiger partial charge in [0.05, 0.1) is 12.1 Å². The van der Waals surface area contributed by atoms with Gasteiger partial charge in [-0.1, -0.05) is 37.6 Å². The lowest BCUT2D eigenvalue weighted by Crippen LogP contribution is -2.45. The summed E-state index contributed by atoms with van der Waals surface area (Å²) in [6.07, 6.45) is 2.08. The Bertz CT molecular complexity index is 400. The molecule has 2 N–H and O–H groups in total. The minimum Gasteiger partial charge on any atom is -0.394 e. The third-order valence-electron chi connectivity index (χ3n) is 3.72. The van der Waals surface area contributed by atoms with Crippen LogP contribution in [-0.2, 0) is 12.0 Å². The van der Waals surface area contributed by atoms with Crippen LogP contribution in [0.5, 0.6) is 0 Å². The lowest BCUT2D eigenvalue weighted by molar-refractivity contribution is 0.156. The number of hydrogen-bond donors (Lipinski definition) is 2. The van der Waals surface area contributed by atoms with Crippen molar-refractivity contribution in [3.63, 3.8) is 0 Å². The topological polar surface area (TPSA) is 32.3 Å². The minimum atomic E-state index is -0.203. The van der Waals surface area contributed by atoms with Crippen molar-refractivity contribution in [2.75, 3.05) is 13.2 Å². The first-order chi connectivity index (χ1) is 8.07. The molecular weight excluding hydrogens is 210 g/mol. The number of aryl methyl sites for hydroxylation is 2. The van der Waals surface area contributed by atoms with Crippen LogP contribution in [0, 0.1) is 12.8 Å². The Morgan fingerprint density at radius 3 is 2.82 bits per heavy atom. The molecule has 1 unspecified atom stereocenters. The zero-order valence-electron chi connectivity index (χ0n) is 11.1. The van der Waals surface area contributed by atoms with Crippen molar-refractivity contribution < 1.29 is 5.11 Å². The number of rotatable bonds is 4. The maximum Gasteiger partial charge on any atom is 0.0675 e. The van der Waals surface area contributed by atoms with E-state index in [0.29, 0.717) is 5.92 Å². The molecule has 17 heavy (non-hydrogen) atoms. The molecule has 2 nitrogen and oxygen atoms in total. The molecule has 0 saturated carbocycles. The van der Waals surface area contributed by atoms with Crippen LogP contribution in [0.4, 0.5) is 0 Å². The largest absolute Gasteiger partial charge is 0.394 e. The van der Waals surface area contributed by atoms with Crippen molar-refractivity contribution in [1.29, 1.82) is 0 Å². The van der Waals surface area contributed by atoms with Crippen LogP contribution in [0.1, 0.15) is 37.0 Å². The van der Waals surface area contributed by atoms with E-state index in [1.807, 2.05) is 0 Å². The Morgan fingerprint density at radius 2 is 2.18 bits per heavy atom. The third kappa shape index (κ3) is 2.38. The molecule has 0 aliphatic heterocycles. The van der Waals surface area contributed by atoms with Crippen LogP contribution in [0.3, 0.4) is 0 Å². The lowest BCUT2D eigenvalue weighted by Gasteiger charge is -2.31. The summed E-state index contributed by atoms with van der Waals surface area (Å²) in [5, 5.41) is 13.4. The van der Waals surface area contributed by atoms with Crippen molar-refractivity contribution in [2.45, 2.75) is 39.2 Å². The summed E-state index contributed by atoms with van der Waals surface area (Å²) in [6, 6.07) is 6.60. The van der Waals surface area contributed by atoms with Crippen LogP contribution in [0.25, 0.3) is 0 Å². The molecule has 1 aromatic carbocycles. The van der Waals surface area contributed by atoms with Crippen LogP contribution in [0.15, 0.2) is 18.2 Å². The Hall–Kier alpha value is -0.860. The fourth-order valence-corrected chi connectivity index (χ4v) is 2.64. The highest BCUT2D eigenvalue weighted by Gasteiger charge is 2.37. The quantitative estimate of drug-likeness (QED) is 0.837. The van der Waals surface area contributed by atoms with Crippen molar-refractivity contribution in [1.82, 2.24) is 5.32 Å². The summed E-state index contributed by atoms with van der Waals surface area (Å²) in [6.45, 7) is 7.65. The van der Waals surface area contributed by atoms with E-state index in [1.54, 1.807) is 0 Å². The molecule has 94 valence electrons. The average molecular weight is 233 g/mol. The van der Waals surface area contributed by atoms with Crippen LogP contribution in [-0.4, -0.2) is 18.3 Å². The number of nitrogens with one attached hydrogen (secondary N) is 1. The summed E-state index contributed by atoms with van der Waals surface area (Å²) in [4.78, 5) is 0. The van der Waals surface area contributed by atoms with E-state index in [-0.39, 0.29) is 12.1 Å². The van der Waals surface area contributed by atoms with Crippen LogP contribution < -0.4 is 5.32 Å². The summed E-state index contributed by atoms with van der Waals surface area (Å²) >= 11 is 0. The molecule has 0 aromatic heterocycles. The second-order valence-electron chi connectivity index (χ2n) is 5.68. The Balaban J connectivity index is 2.29. The van der Waals surface area contributed by atoms with E-state index in [4.69, 9.17) is 0 Å². The van der Waals surface area contributed by atoms with Gasteiger partial charge in [-0.25, -0.2) is 0 Å². The standard InChI is InChI=1S/C15H23NO/c1-11(2)9-16-15(10-17)7-6-13-5-4-12(3)8-14(13)15/h4-5,8,11,16-17H,6-7,9-10H2,1-3H3. The maximum absolute atomic E-state index is 9.80.